The van der Waals surface area contributed by atoms with Crippen LogP contribution < -0.4 is 5.32 Å². The maximum atomic E-state index is 13.0. The molecule has 5 heteroatoms. The number of aliphatic hydroxyl groups is 1. The van der Waals surface area contributed by atoms with Crippen molar-refractivity contribution in [1.29, 1.82) is 0 Å². The molecule has 0 saturated heterocycles. The van der Waals surface area contributed by atoms with Crippen LogP contribution in [-0.2, 0) is 6.42 Å². The standard InChI is InChI=1S/C27H31N3O2/c1-19-15-16-22(18-28-19)27(32)30(2)25-14-8-13-24(26(25)31)29-23-12-7-6-11-21(23)17-20-9-4-3-5-10-20/h3-7,9-12,15-16,18,24-26,29,31H,8,13-14,17H2,1-2H3/t24-,25-,26+/m1/s1. The molecule has 0 aliphatic heterocycles. The lowest BCUT2D eigenvalue weighted by molar-refractivity contribution is 0.0208. The average Bonchev–Trinajstić information content (AvgIpc) is 2.82. The van der Waals surface area contributed by atoms with E-state index in [9.17, 15) is 9.90 Å². The summed E-state index contributed by atoms with van der Waals surface area (Å²) in [7, 11) is 1.78. The molecule has 2 N–H and O–H groups in total. The third-order valence-corrected chi connectivity index (χ3v) is 6.39. The highest BCUT2D eigenvalue weighted by Crippen LogP contribution is 2.28. The van der Waals surface area contributed by atoms with Crippen LogP contribution in [0.15, 0.2) is 72.9 Å². The first kappa shape index (κ1) is 22.0. The number of carbonyl (C=O) groups excluding carboxylic acids is 1. The number of carbonyl (C=O) groups is 1. The Morgan fingerprint density at radius 1 is 1.06 bits per heavy atom. The van der Waals surface area contributed by atoms with Crippen molar-refractivity contribution in [3.8, 4) is 0 Å². The van der Waals surface area contributed by atoms with Gasteiger partial charge in [-0.2, -0.15) is 0 Å². The molecule has 32 heavy (non-hydrogen) atoms. The quantitative estimate of drug-likeness (QED) is 0.608. The van der Waals surface area contributed by atoms with E-state index in [-0.39, 0.29) is 18.0 Å². The van der Waals surface area contributed by atoms with E-state index in [2.05, 4.69) is 46.7 Å². The Morgan fingerprint density at radius 2 is 1.81 bits per heavy atom. The lowest BCUT2D eigenvalue weighted by Crippen LogP contribution is -2.54. The number of anilines is 1. The molecule has 1 saturated carbocycles. The van der Waals surface area contributed by atoms with Crippen molar-refractivity contribution in [3.63, 3.8) is 0 Å². The Hall–Kier alpha value is -3.18. The second-order valence-corrected chi connectivity index (χ2v) is 8.66. The Balaban J connectivity index is 1.47. The van der Waals surface area contributed by atoms with Gasteiger partial charge in [-0.1, -0.05) is 48.5 Å². The molecule has 4 rings (SSSR count). The molecule has 166 valence electrons. The van der Waals surface area contributed by atoms with Crippen LogP contribution >= 0.6 is 0 Å². The molecule has 3 aromatic rings. The largest absolute Gasteiger partial charge is 0.389 e. The number of hydrogen-bond donors (Lipinski definition) is 2. The number of aromatic nitrogens is 1. The number of amides is 1. The molecule has 0 spiro atoms. The molecule has 1 amide bonds. The number of para-hydroxylation sites is 1. The van der Waals surface area contributed by atoms with E-state index in [4.69, 9.17) is 0 Å². The predicted octanol–water partition coefficient (Wildman–Crippen LogP) is 4.45. The number of pyridine rings is 1. The highest BCUT2D eigenvalue weighted by Gasteiger charge is 2.36. The van der Waals surface area contributed by atoms with Gasteiger partial charge in [-0.15, -0.1) is 0 Å². The number of aliphatic hydroxyl groups excluding tert-OH is 1. The second kappa shape index (κ2) is 9.96. The third kappa shape index (κ3) is 5.00. The highest BCUT2D eigenvalue weighted by molar-refractivity contribution is 5.94. The zero-order chi connectivity index (χ0) is 22.5. The van der Waals surface area contributed by atoms with Crippen LogP contribution in [-0.4, -0.2) is 46.1 Å². The normalized spacial score (nSPS) is 20.5. The Kier molecular flexibility index (Phi) is 6.86. The minimum absolute atomic E-state index is 0.105. The zero-order valence-electron chi connectivity index (χ0n) is 18.7. The van der Waals surface area contributed by atoms with E-state index >= 15 is 0 Å². The number of aryl methyl sites for hydroxylation is 1. The molecule has 5 nitrogen and oxygen atoms in total. The molecular weight excluding hydrogens is 398 g/mol. The first-order chi connectivity index (χ1) is 15.5. The molecule has 1 heterocycles. The van der Waals surface area contributed by atoms with Gasteiger partial charge in [0.05, 0.1) is 23.8 Å². The molecule has 1 aliphatic rings. The molecular formula is C27H31N3O2. The van der Waals surface area contributed by atoms with Crippen LogP contribution in [0.1, 0.15) is 46.4 Å². The van der Waals surface area contributed by atoms with Crippen LogP contribution in [0.3, 0.4) is 0 Å². The summed E-state index contributed by atoms with van der Waals surface area (Å²) in [6, 6.07) is 21.9. The lowest BCUT2D eigenvalue weighted by atomic mass is 9.86. The molecule has 3 atom stereocenters. The first-order valence-corrected chi connectivity index (χ1v) is 11.3. The molecule has 0 radical (unpaired) electrons. The molecule has 2 aromatic carbocycles. The number of nitrogens with zero attached hydrogens (tertiary/aromatic N) is 2. The van der Waals surface area contributed by atoms with E-state index in [1.165, 1.54) is 11.1 Å². The van der Waals surface area contributed by atoms with Gasteiger partial charge < -0.3 is 15.3 Å². The van der Waals surface area contributed by atoms with Gasteiger partial charge >= 0.3 is 0 Å². The SMILES string of the molecule is Cc1ccc(C(=O)N(C)[C@@H]2CCC[C@@H](Nc3ccccc3Cc3ccccc3)[C@@H]2O)cn1. The maximum absolute atomic E-state index is 13.0. The van der Waals surface area contributed by atoms with E-state index < -0.39 is 6.10 Å². The van der Waals surface area contributed by atoms with E-state index in [1.54, 1.807) is 24.2 Å². The van der Waals surface area contributed by atoms with Gasteiger partial charge in [-0.25, -0.2) is 0 Å². The molecule has 1 aromatic heterocycles. The Labute approximate surface area is 190 Å². The van der Waals surface area contributed by atoms with Crippen molar-refractivity contribution in [2.24, 2.45) is 0 Å². The van der Waals surface area contributed by atoms with Gasteiger partial charge in [0.25, 0.3) is 5.91 Å². The fraction of sp³-hybridized carbons (Fsp3) is 0.333. The summed E-state index contributed by atoms with van der Waals surface area (Å²) < 4.78 is 0. The monoisotopic (exact) mass is 429 g/mol. The van der Waals surface area contributed by atoms with Crippen molar-refractivity contribution >= 4 is 11.6 Å². The van der Waals surface area contributed by atoms with Crippen LogP contribution in [0.25, 0.3) is 0 Å². The number of likely N-dealkylation sites (N-methyl/N-ethyl adjacent to an activating group) is 1. The minimum atomic E-state index is -0.652. The van der Waals surface area contributed by atoms with Crippen LogP contribution in [0.4, 0.5) is 5.69 Å². The number of benzene rings is 2. The van der Waals surface area contributed by atoms with E-state index in [0.29, 0.717) is 5.56 Å². The molecule has 1 fully saturated rings. The van der Waals surface area contributed by atoms with Gasteiger partial charge in [-0.05, 0) is 61.9 Å². The Morgan fingerprint density at radius 3 is 2.56 bits per heavy atom. The van der Waals surface area contributed by atoms with Gasteiger partial charge in [0.2, 0.25) is 0 Å². The van der Waals surface area contributed by atoms with Crippen LogP contribution in [0.5, 0.6) is 0 Å². The van der Waals surface area contributed by atoms with Crippen molar-refractivity contribution in [2.75, 3.05) is 12.4 Å². The van der Waals surface area contributed by atoms with Crippen molar-refractivity contribution in [3.05, 3.63) is 95.3 Å². The number of rotatable bonds is 6. The predicted molar refractivity (Wildman–Crippen MR) is 128 cm³/mol. The number of nitrogens with one attached hydrogen (secondary N) is 1. The summed E-state index contributed by atoms with van der Waals surface area (Å²) in [5.74, 6) is -0.105. The molecule has 0 unspecified atom stereocenters. The maximum Gasteiger partial charge on any atom is 0.255 e. The van der Waals surface area contributed by atoms with E-state index in [1.807, 2.05) is 31.2 Å². The Bertz CT molecular complexity index is 1040. The first-order valence-electron chi connectivity index (χ1n) is 11.3. The van der Waals surface area contributed by atoms with Crippen molar-refractivity contribution in [2.45, 2.75) is 50.8 Å². The summed E-state index contributed by atoms with van der Waals surface area (Å²) in [4.78, 5) is 18.9. The summed E-state index contributed by atoms with van der Waals surface area (Å²) in [5, 5.41) is 14.8. The fourth-order valence-corrected chi connectivity index (χ4v) is 4.52. The van der Waals surface area contributed by atoms with Crippen molar-refractivity contribution in [1.82, 2.24) is 9.88 Å². The van der Waals surface area contributed by atoms with Gasteiger partial charge in [0, 0.05) is 24.6 Å². The van der Waals surface area contributed by atoms with Gasteiger partial charge in [-0.3, -0.25) is 9.78 Å². The fourth-order valence-electron chi connectivity index (χ4n) is 4.52. The second-order valence-electron chi connectivity index (χ2n) is 8.66. The van der Waals surface area contributed by atoms with Crippen LogP contribution in [0, 0.1) is 6.92 Å². The lowest BCUT2D eigenvalue weighted by Gasteiger charge is -2.40. The smallest absolute Gasteiger partial charge is 0.255 e. The summed E-state index contributed by atoms with van der Waals surface area (Å²) >= 11 is 0. The van der Waals surface area contributed by atoms with Crippen molar-refractivity contribution < 1.29 is 9.90 Å². The molecule has 1 aliphatic carbocycles. The average molecular weight is 430 g/mol. The number of hydrogen-bond acceptors (Lipinski definition) is 4. The topological polar surface area (TPSA) is 65.5 Å². The highest BCUT2D eigenvalue weighted by atomic mass is 16.3. The minimum Gasteiger partial charge on any atom is -0.389 e. The van der Waals surface area contributed by atoms with E-state index in [0.717, 1.165) is 37.1 Å². The molecule has 0 bridgehead atoms. The van der Waals surface area contributed by atoms with Crippen LogP contribution in [0.2, 0.25) is 0 Å². The van der Waals surface area contributed by atoms with Gasteiger partial charge in [0.1, 0.15) is 0 Å². The summed E-state index contributed by atoms with van der Waals surface area (Å²) in [6.45, 7) is 1.90. The van der Waals surface area contributed by atoms with Gasteiger partial charge in [0.15, 0.2) is 0 Å². The third-order valence-electron chi connectivity index (χ3n) is 6.39. The zero-order valence-corrected chi connectivity index (χ0v) is 18.7. The summed E-state index contributed by atoms with van der Waals surface area (Å²) in [6.07, 6.45) is 4.39. The summed E-state index contributed by atoms with van der Waals surface area (Å²) in [5.41, 5.74) is 4.91.